The summed E-state index contributed by atoms with van der Waals surface area (Å²) in [6, 6.07) is 0. The smallest absolute Gasteiger partial charge is 0.0651 e. The fourth-order valence-electron chi connectivity index (χ4n) is 1.25. The molecule has 0 saturated carbocycles. The van der Waals surface area contributed by atoms with Crippen molar-refractivity contribution in [2.24, 2.45) is 12.8 Å². The maximum absolute atomic E-state index is 9.02. The summed E-state index contributed by atoms with van der Waals surface area (Å²) in [5.41, 5.74) is 6.93. The van der Waals surface area contributed by atoms with Gasteiger partial charge in [0.1, 0.15) is 0 Å². The van der Waals surface area contributed by atoms with Crippen LogP contribution in [0.15, 0.2) is 6.20 Å². The van der Waals surface area contributed by atoms with Gasteiger partial charge in [0.05, 0.1) is 17.8 Å². The van der Waals surface area contributed by atoms with E-state index < -0.39 is 5.54 Å². The minimum Gasteiger partial charge on any atom is -0.394 e. The molecule has 68 valence electrons. The first-order valence-corrected chi connectivity index (χ1v) is 3.88. The van der Waals surface area contributed by atoms with E-state index in [9.17, 15) is 0 Å². The highest BCUT2D eigenvalue weighted by Crippen LogP contribution is 2.19. The zero-order valence-electron chi connectivity index (χ0n) is 7.70. The highest BCUT2D eigenvalue weighted by atomic mass is 16.3. The van der Waals surface area contributed by atoms with E-state index in [0.29, 0.717) is 0 Å². The Hall–Kier alpha value is -0.870. The summed E-state index contributed by atoms with van der Waals surface area (Å²) in [7, 11) is 1.84. The van der Waals surface area contributed by atoms with Crippen LogP contribution >= 0.6 is 0 Å². The summed E-state index contributed by atoms with van der Waals surface area (Å²) in [6.07, 6.45) is 1.84. The number of aryl methyl sites for hydroxylation is 2. The average Bonchev–Trinajstić information content (AvgIpc) is 2.31. The monoisotopic (exact) mass is 169 g/mol. The van der Waals surface area contributed by atoms with Crippen LogP contribution in [0.25, 0.3) is 0 Å². The largest absolute Gasteiger partial charge is 0.394 e. The molecule has 3 N–H and O–H groups in total. The van der Waals surface area contributed by atoms with Gasteiger partial charge in [-0.1, -0.05) is 0 Å². The molecule has 0 fully saturated rings. The minimum atomic E-state index is -0.682. The fourth-order valence-corrected chi connectivity index (χ4v) is 1.25. The van der Waals surface area contributed by atoms with E-state index in [0.717, 1.165) is 11.3 Å². The quantitative estimate of drug-likeness (QED) is 0.649. The third-order valence-corrected chi connectivity index (χ3v) is 1.96. The molecule has 4 heteroatoms. The van der Waals surface area contributed by atoms with Crippen molar-refractivity contribution >= 4 is 0 Å². The zero-order chi connectivity index (χ0) is 9.35. The minimum absolute atomic E-state index is 0.0699. The van der Waals surface area contributed by atoms with Crippen LogP contribution in [0.3, 0.4) is 0 Å². The van der Waals surface area contributed by atoms with Crippen LogP contribution in [0.1, 0.15) is 18.2 Å². The summed E-state index contributed by atoms with van der Waals surface area (Å²) < 4.78 is 1.70. The lowest BCUT2D eigenvalue weighted by Crippen LogP contribution is -2.37. The van der Waals surface area contributed by atoms with Crippen LogP contribution < -0.4 is 5.73 Å². The van der Waals surface area contributed by atoms with Crippen molar-refractivity contribution in [2.75, 3.05) is 6.61 Å². The van der Waals surface area contributed by atoms with Gasteiger partial charge in [-0.25, -0.2) is 0 Å². The molecule has 0 spiro atoms. The molecule has 0 saturated heterocycles. The molecule has 1 aromatic heterocycles. The van der Waals surface area contributed by atoms with Crippen LogP contribution in [0, 0.1) is 6.92 Å². The highest BCUT2D eigenvalue weighted by Gasteiger charge is 2.23. The Labute approximate surface area is 72.0 Å². The number of nitrogens with zero attached hydrogens (tertiary/aromatic N) is 2. The van der Waals surface area contributed by atoms with Crippen molar-refractivity contribution in [2.45, 2.75) is 19.4 Å². The maximum Gasteiger partial charge on any atom is 0.0651 e. The normalized spacial score (nSPS) is 16.1. The van der Waals surface area contributed by atoms with Gasteiger partial charge in [0.25, 0.3) is 0 Å². The van der Waals surface area contributed by atoms with Crippen molar-refractivity contribution < 1.29 is 5.11 Å². The van der Waals surface area contributed by atoms with Crippen molar-refractivity contribution in [1.82, 2.24) is 9.78 Å². The van der Waals surface area contributed by atoms with Gasteiger partial charge < -0.3 is 10.8 Å². The molecule has 0 aliphatic carbocycles. The molecule has 0 aromatic carbocycles. The second-order valence-corrected chi connectivity index (χ2v) is 3.38. The van der Waals surface area contributed by atoms with Gasteiger partial charge in [-0.05, 0) is 13.8 Å². The topological polar surface area (TPSA) is 64.1 Å². The number of aromatic nitrogens is 2. The summed E-state index contributed by atoms with van der Waals surface area (Å²) in [5, 5.41) is 13.2. The van der Waals surface area contributed by atoms with Crippen molar-refractivity contribution in [3.63, 3.8) is 0 Å². The average molecular weight is 169 g/mol. The number of hydrogen-bond acceptors (Lipinski definition) is 3. The van der Waals surface area contributed by atoms with Gasteiger partial charge in [-0.3, -0.25) is 4.68 Å². The Morgan fingerprint density at radius 3 is 2.67 bits per heavy atom. The summed E-state index contributed by atoms with van der Waals surface area (Å²) in [6.45, 7) is 3.60. The van der Waals surface area contributed by atoms with Crippen LogP contribution in [0.4, 0.5) is 0 Å². The van der Waals surface area contributed by atoms with E-state index >= 15 is 0 Å². The van der Waals surface area contributed by atoms with Gasteiger partial charge in [0.2, 0.25) is 0 Å². The lowest BCUT2D eigenvalue weighted by Gasteiger charge is -2.20. The third-order valence-electron chi connectivity index (χ3n) is 1.96. The standard InChI is InChI=1S/C8H15N3O/c1-6-7(4-11(3)10-6)8(2,9)5-12/h4,12H,5,9H2,1-3H3. The summed E-state index contributed by atoms with van der Waals surface area (Å²) in [4.78, 5) is 0. The van der Waals surface area contributed by atoms with E-state index in [1.165, 1.54) is 0 Å². The number of aliphatic hydroxyl groups excluding tert-OH is 1. The molecule has 0 aliphatic rings. The van der Waals surface area contributed by atoms with Gasteiger partial charge >= 0.3 is 0 Å². The molecule has 4 nitrogen and oxygen atoms in total. The lowest BCUT2D eigenvalue weighted by atomic mass is 9.95. The molecule has 0 aliphatic heterocycles. The van der Waals surface area contributed by atoms with Gasteiger partial charge in [0.15, 0.2) is 0 Å². The van der Waals surface area contributed by atoms with E-state index in [1.807, 2.05) is 20.2 Å². The first-order chi connectivity index (χ1) is 5.47. The number of aliphatic hydroxyl groups is 1. The molecule has 0 amide bonds. The molecule has 1 aromatic rings. The van der Waals surface area contributed by atoms with Gasteiger partial charge in [-0.2, -0.15) is 5.10 Å². The predicted molar refractivity (Wildman–Crippen MR) is 46.6 cm³/mol. The molecule has 1 heterocycles. The molecule has 1 unspecified atom stereocenters. The first kappa shape index (κ1) is 9.22. The Kier molecular flexibility index (Phi) is 2.21. The number of nitrogens with two attached hydrogens (primary N) is 1. The van der Waals surface area contributed by atoms with Crippen molar-refractivity contribution in [3.8, 4) is 0 Å². The molecule has 12 heavy (non-hydrogen) atoms. The van der Waals surface area contributed by atoms with Crippen LogP contribution in [0.2, 0.25) is 0 Å². The van der Waals surface area contributed by atoms with Crippen LogP contribution in [0.5, 0.6) is 0 Å². The summed E-state index contributed by atoms with van der Waals surface area (Å²) >= 11 is 0. The van der Waals surface area contributed by atoms with E-state index in [2.05, 4.69) is 5.10 Å². The maximum atomic E-state index is 9.02. The van der Waals surface area contributed by atoms with Crippen LogP contribution in [-0.4, -0.2) is 21.5 Å². The van der Waals surface area contributed by atoms with Crippen molar-refractivity contribution in [3.05, 3.63) is 17.5 Å². The lowest BCUT2D eigenvalue weighted by molar-refractivity contribution is 0.209. The third kappa shape index (κ3) is 1.49. The van der Waals surface area contributed by atoms with Gasteiger partial charge in [-0.15, -0.1) is 0 Å². The molecule has 1 atom stereocenters. The molecular weight excluding hydrogens is 154 g/mol. The van der Waals surface area contributed by atoms with E-state index in [4.69, 9.17) is 10.8 Å². The van der Waals surface area contributed by atoms with E-state index in [1.54, 1.807) is 11.6 Å². The fraction of sp³-hybridized carbons (Fsp3) is 0.625. The Balaban J connectivity index is 3.09. The first-order valence-electron chi connectivity index (χ1n) is 3.88. The van der Waals surface area contributed by atoms with Crippen molar-refractivity contribution in [1.29, 1.82) is 0 Å². The summed E-state index contributed by atoms with van der Waals surface area (Å²) in [5.74, 6) is 0. The Morgan fingerprint density at radius 1 is 1.75 bits per heavy atom. The molecule has 1 rings (SSSR count). The zero-order valence-corrected chi connectivity index (χ0v) is 7.70. The molecule has 0 radical (unpaired) electrons. The van der Waals surface area contributed by atoms with Gasteiger partial charge in [0, 0.05) is 18.8 Å². The second kappa shape index (κ2) is 2.88. The van der Waals surface area contributed by atoms with Crippen LogP contribution in [-0.2, 0) is 12.6 Å². The Bertz CT molecular complexity index is 278. The van der Waals surface area contributed by atoms with E-state index in [-0.39, 0.29) is 6.61 Å². The number of hydrogen-bond donors (Lipinski definition) is 2. The predicted octanol–water partition coefficient (Wildman–Crippen LogP) is -0.105. The number of rotatable bonds is 2. The highest BCUT2D eigenvalue weighted by molar-refractivity contribution is 5.24. The SMILES string of the molecule is Cc1nn(C)cc1C(C)(N)CO. The second-order valence-electron chi connectivity index (χ2n) is 3.38. The molecule has 0 bridgehead atoms. The Morgan fingerprint density at radius 2 is 2.33 bits per heavy atom. The molecular formula is C8H15N3O.